The molecule has 4 rings (SSSR count). The topological polar surface area (TPSA) is 32.3 Å². The maximum Gasteiger partial charge on any atom is 0.140 e. The molecule has 0 amide bonds. The summed E-state index contributed by atoms with van der Waals surface area (Å²) in [6.07, 6.45) is 3.75. The molecule has 130 valence electrons. The van der Waals surface area contributed by atoms with Gasteiger partial charge in [-0.1, -0.05) is 6.92 Å². The average molecular weight is 356 g/mol. The summed E-state index contributed by atoms with van der Waals surface area (Å²) in [4.78, 5) is 16.1. The number of thiophene rings is 1. The van der Waals surface area contributed by atoms with Gasteiger partial charge in [-0.15, -0.1) is 11.3 Å². The molecule has 0 N–H and O–H groups in total. The summed E-state index contributed by atoms with van der Waals surface area (Å²) in [5.41, 5.74) is 1.08. The molecule has 3 aromatic rings. The molecule has 0 spiro atoms. The number of aryl methyl sites for hydroxylation is 1. The molecule has 6 heteroatoms. The maximum absolute atomic E-state index is 13.2. The van der Waals surface area contributed by atoms with E-state index in [-0.39, 0.29) is 5.82 Å². The number of hydrogen-bond donors (Lipinski definition) is 0. The third-order valence-corrected chi connectivity index (χ3v) is 5.88. The molecule has 0 radical (unpaired) electrons. The van der Waals surface area contributed by atoms with Crippen LogP contribution in [0.3, 0.4) is 0 Å². The van der Waals surface area contributed by atoms with Gasteiger partial charge in [-0.25, -0.2) is 14.4 Å². The normalized spacial score (nSPS) is 15.6. The van der Waals surface area contributed by atoms with Crippen LogP contribution in [0.1, 0.15) is 18.2 Å². The van der Waals surface area contributed by atoms with Crippen LogP contribution in [0.5, 0.6) is 0 Å². The number of nitrogens with zero attached hydrogens (tertiary/aromatic N) is 4. The predicted molar refractivity (Wildman–Crippen MR) is 102 cm³/mol. The Hall–Kier alpha value is -2.21. The van der Waals surface area contributed by atoms with Crippen LogP contribution in [0.2, 0.25) is 0 Å². The van der Waals surface area contributed by atoms with Crippen molar-refractivity contribution < 1.29 is 4.39 Å². The minimum absolute atomic E-state index is 0.187. The van der Waals surface area contributed by atoms with Crippen molar-refractivity contribution in [1.82, 2.24) is 9.97 Å². The van der Waals surface area contributed by atoms with Crippen molar-refractivity contribution in [2.24, 2.45) is 0 Å². The molecular weight excluding hydrogens is 335 g/mol. The molecule has 0 unspecified atom stereocenters. The first-order valence-electron chi connectivity index (χ1n) is 8.73. The minimum atomic E-state index is -0.187. The van der Waals surface area contributed by atoms with Gasteiger partial charge in [-0.05, 0) is 43.2 Å². The molecule has 1 aliphatic heterocycles. The predicted octanol–water partition coefficient (Wildman–Crippen LogP) is 4.11. The van der Waals surface area contributed by atoms with E-state index in [1.54, 1.807) is 17.7 Å². The fourth-order valence-electron chi connectivity index (χ4n) is 3.36. The van der Waals surface area contributed by atoms with E-state index < -0.39 is 0 Å². The molecule has 3 heterocycles. The number of benzene rings is 1. The Morgan fingerprint density at radius 2 is 1.80 bits per heavy atom. The lowest BCUT2D eigenvalue weighted by Crippen LogP contribution is -2.31. The van der Waals surface area contributed by atoms with Crippen LogP contribution in [0.15, 0.2) is 36.7 Å². The van der Waals surface area contributed by atoms with Gasteiger partial charge in [-0.3, -0.25) is 0 Å². The number of halogens is 1. The first-order chi connectivity index (χ1) is 12.2. The van der Waals surface area contributed by atoms with Crippen molar-refractivity contribution in [2.45, 2.75) is 19.8 Å². The second-order valence-corrected chi connectivity index (χ2v) is 7.40. The van der Waals surface area contributed by atoms with Gasteiger partial charge in [0.25, 0.3) is 0 Å². The molecule has 1 saturated heterocycles. The smallest absolute Gasteiger partial charge is 0.140 e. The standard InChI is InChI=1S/C19H21FN4S/c1-2-16-12-17-18(21-13-22-19(17)25-16)24-9-3-8-23(10-11-24)15-6-4-14(20)5-7-15/h4-7,12-13H,2-3,8-11H2,1H3. The van der Waals surface area contributed by atoms with Crippen molar-refractivity contribution >= 4 is 33.1 Å². The van der Waals surface area contributed by atoms with Gasteiger partial charge in [-0.2, -0.15) is 0 Å². The van der Waals surface area contributed by atoms with Crippen LogP contribution >= 0.6 is 11.3 Å². The third kappa shape index (κ3) is 3.31. The van der Waals surface area contributed by atoms with Crippen molar-refractivity contribution in [3.05, 3.63) is 47.4 Å². The fourth-order valence-corrected chi connectivity index (χ4v) is 4.29. The molecule has 0 saturated carbocycles. The lowest BCUT2D eigenvalue weighted by molar-refractivity contribution is 0.627. The van der Waals surface area contributed by atoms with Gasteiger partial charge in [0.1, 0.15) is 22.8 Å². The Bertz CT molecular complexity index is 861. The zero-order valence-corrected chi connectivity index (χ0v) is 15.1. The largest absolute Gasteiger partial charge is 0.370 e. The van der Waals surface area contributed by atoms with Crippen LogP contribution in [0.25, 0.3) is 10.2 Å². The second kappa shape index (κ2) is 6.96. The Kier molecular flexibility index (Phi) is 4.53. The number of aromatic nitrogens is 2. The quantitative estimate of drug-likeness (QED) is 0.707. The van der Waals surface area contributed by atoms with Gasteiger partial charge in [0.2, 0.25) is 0 Å². The number of rotatable bonds is 3. The van der Waals surface area contributed by atoms with E-state index in [0.29, 0.717) is 0 Å². The van der Waals surface area contributed by atoms with Gasteiger partial charge < -0.3 is 9.80 Å². The second-order valence-electron chi connectivity index (χ2n) is 6.29. The third-order valence-electron chi connectivity index (χ3n) is 4.70. The molecule has 0 bridgehead atoms. The average Bonchev–Trinajstić information content (AvgIpc) is 2.92. The molecule has 1 fully saturated rings. The highest BCUT2D eigenvalue weighted by Gasteiger charge is 2.19. The van der Waals surface area contributed by atoms with Crippen molar-refractivity contribution in [3.63, 3.8) is 0 Å². The molecular formula is C19H21FN4S. The van der Waals surface area contributed by atoms with Crippen LogP contribution in [0, 0.1) is 5.82 Å². The zero-order valence-electron chi connectivity index (χ0n) is 14.3. The molecule has 25 heavy (non-hydrogen) atoms. The van der Waals surface area contributed by atoms with E-state index in [9.17, 15) is 4.39 Å². The highest BCUT2D eigenvalue weighted by molar-refractivity contribution is 7.18. The van der Waals surface area contributed by atoms with Gasteiger partial charge >= 0.3 is 0 Å². The Balaban J connectivity index is 1.56. The molecule has 0 atom stereocenters. The van der Waals surface area contributed by atoms with Crippen molar-refractivity contribution in [1.29, 1.82) is 0 Å². The van der Waals surface area contributed by atoms with Crippen molar-refractivity contribution in [3.8, 4) is 0 Å². The van der Waals surface area contributed by atoms with E-state index in [4.69, 9.17) is 0 Å². The van der Waals surface area contributed by atoms with E-state index >= 15 is 0 Å². The summed E-state index contributed by atoms with van der Waals surface area (Å²) in [6.45, 7) is 5.92. The van der Waals surface area contributed by atoms with Crippen molar-refractivity contribution in [2.75, 3.05) is 36.0 Å². The number of fused-ring (bicyclic) bond motifs is 1. The summed E-state index contributed by atoms with van der Waals surface area (Å²) in [6, 6.07) is 9.02. The lowest BCUT2D eigenvalue weighted by atomic mass is 10.2. The molecule has 0 aliphatic carbocycles. The SMILES string of the molecule is CCc1cc2c(N3CCCN(c4ccc(F)cc4)CC3)ncnc2s1. The lowest BCUT2D eigenvalue weighted by Gasteiger charge is -2.24. The molecule has 4 nitrogen and oxygen atoms in total. The summed E-state index contributed by atoms with van der Waals surface area (Å²) in [7, 11) is 0. The zero-order chi connectivity index (χ0) is 17.2. The van der Waals surface area contributed by atoms with Gasteiger partial charge in [0, 0.05) is 36.7 Å². The van der Waals surface area contributed by atoms with E-state index in [1.165, 1.54) is 22.4 Å². The monoisotopic (exact) mass is 356 g/mol. The van der Waals surface area contributed by atoms with Crippen LogP contribution < -0.4 is 9.80 Å². The summed E-state index contributed by atoms with van der Waals surface area (Å²) in [5, 5.41) is 1.17. The number of anilines is 2. The van der Waals surface area contributed by atoms with Crippen LogP contribution in [-0.2, 0) is 6.42 Å². The van der Waals surface area contributed by atoms with Crippen LogP contribution in [-0.4, -0.2) is 36.1 Å². The Morgan fingerprint density at radius 3 is 2.60 bits per heavy atom. The Labute approximate surface area is 150 Å². The van der Waals surface area contributed by atoms with Crippen LogP contribution in [0.4, 0.5) is 15.9 Å². The summed E-state index contributed by atoms with van der Waals surface area (Å²) >= 11 is 1.76. The fraction of sp³-hybridized carbons (Fsp3) is 0.368. The molecule has 1 aliphatic rings. The van der Waals surface area contributed by atoms with Gasteiger partial charge in [0.05, 0.1) is 5.39 Å². The molecule has 2 aromatic heterocycles. The summed E-state index contributed by atoms with van der Waals surface area (Å²) < 4.78 is 13.2. The van der Waals surface area contributed by atoms with E-state index in [0.717, 1.165) is 55.4 Å². The maximum atomic E-state index is 13.2. The first kappa shape index (κ1) is 16.3. The Morgan fingerprint density at radius 1 is 1.04 bits per heavy atom. The number of hydrogen-bond acceptors (Lipinski definition) is 5. The van der Waals surface area contributed by atoms with Gasteiger partial charge in [0.15, 0.2) is 0 Å². The highest BCUT2D eigenvalue weighted by Crippen LogP contribution is 2.31. The summed E-state index contributed by atoms with van der Waals surface area (Å²) in [5.74, 6) is 0.856. The van der Waals surface area contributed by atoms with E-state index in [2.05, 4.69) is 32.8 Å². The van der Waals surface area contributed by atoms with E-state index in [1.807, 2.05) is 12.1 Å². The first-order valence-corrected chi connectivity index (χ1v) is 9.55. The molecule has 1 aromatic carbocycles. The highest BCUT2D eigenvalue weighted by atomic mass is 32.1. The minimum Gasteiger partial charge on any atom is -0.370 e.